The SMILES string of the molecule is c1csc(-c2nc(N3CCn4c(nnc4C4CC4)C3)ncc2-c2cnccn2)c1. The zero-order valence-corrected chi connectivity index (χ0v) is 16.5. The van der Waals surface area contributed by atoms with Crippen molar-refractivity contribution in [2.24, 2.45) is 0 Å². The lowest BCUT2D eigenvalue weighted by molar-refractivity contribution is 0.536. The summed E-state index contributed by atoms with van der Waals surface area (Å²) in [7, 11) is 0. The van der Waals surface area contributed by atoms with Crippen molar-refractivity contribution in [2.45, 2.75) is 31.8 Å². The molecule has 8 nitrogen and oxygen atoms in total. The van der Waals surface area contributed by atoms with Gasteiger partial charge in [-0.15, -0.1) is 21.5 Å². The Hall–Kier alpha value is -3.20. The Morgan fingerprint density at radius 2 is 2.00 bits per heavy atom. The van der Waals surface area contributed by atoms with E-state index in [1.165, 1.54) is 12.8 Å². The summed E-state index contributed by atoms with van der Waals surface area (Å²) in [6, 6.07) is 4.11. The Labute approximate surface area is 171 Å². The van der Waals surface area contributed by atoms with E-state index in [2.05, 4.69) is 46.1 Å². The van der Waals surface area contributed by atoms with Crippen LogP contribution in [0.2, 0.25) is 0 Å². The van der Waals surface area contributed by atoms with Crippen LogP contribution in [0.15, 0.2) is 42.3 Å². The van der Waals surface area contributed by atoms with Gasteiger partial charge in [0.1, 0.15) is 5.82 Å². The molecule has 4 aromatic heterocycles. The van der Waals surface area contributed by atoms with Gasteiger partial charge >= 0.3 is 0 Å². The normalized spacial score (nSPS) is 16.1. The number of thiophene rings is 1. The maximum atomic E-state index is 4.94. The fourth-order valence-corrected chi connectivity index (χ4v) is 4.47. The van der Waals surface area contributed by atoms with E-state index in [1.807, 2.05) is 12.3 Å². The van der Waals surface area contributed by atoms with Gasteiger partial charge in [-0.2, -0.15) is 0 Å². The molecule has 1 saturated carbocycles. The second kappa shape index (κ2) is 6.70. The second-order valence-electron chi connectivity index (χ2n) is 7.32. The van der Waals surface area contributed by atoms with Crippen LogP contribution < -0.4 is 4.90 Å². The van der Waals surface area contributed by atoms with Gasteiger partial charge in [-0.25, -0.2) is 9.97 Å². The molecule has 1 aliphatic heterocycles. The Kier molecular flexibility index (Phi) is 3.86. The molecule has 5 heterocycles. The van der Waals surface area contributed by atoms with Gasteiger partial charge in [0, 0.05) is 43.2 Å². The van der Waals surface area contributed by atoms with Gasteiger partial charge in [-0.05, 0) is 24.3 Å². The zero-order chi connectivity index (χ0) is 19.2. The minimum atomic E-state index is 0.607. The molecule has 144 valence electrons. The molecule has 0 atom stereocenters. The Morgan fingerprint density at radius 3 is 2.79 bits per heavy atom. The van der Waals surface area contributed by atoms with Crippen molar-refractivity contribution in [3.8, 4) is 21.8 Å². The van der Waals surface area contributed by atoms with Crippen LogP contribution in [0.3, 0.4) is 0 Å². The number of fused-ring (bicyclic) bond motifs is 1. The molecule has 0 N–H and O–H groups in total. The van der Waals surface area contributed by atoms with Crippen molar-refractivity contribution in [1.29, 1.82) is 0 Å². The molecular weight excluding hydrogens is 384 g/mol. The first-order valence-electron chi connectivity index (χ1n) is 9.71. The minimum absolute atomic E-state index is 0.607. The molecule has 4 aromatic rings. The molecule has 0 radical (unpaired) electrons. The topological polar surface area (TPSA) is 85.5 Å². The zero-order valence-electron chi connectivity index (χ0n) is 15.6. The Morgan fingerprint density at radius 1 is 1.03 bits per heavy atom. The summed E-state index contributed by atoms with van der Waals surface area (Å²) in [5, 5.41) is 10.9. The molecule has 0 saturated heterocycles. The van der Waals surface area contributed by atoms with Gasteiger partial charge < -0.3 is 9.47 Å². The molecule has 0 spiro atoms. The van der Waals surface area contributed by atoms with Crippen LogP contribution in [0.5, 0.6) is 0 Å². The van der Waals surface area contributed by atoms with E-state index in [1.54, 1.807) is 29.9 Å². The van der Waals surface area contributed by atoms with Crippen molar-refractivity contribution in [3.63, 3.8) is 0 Å². The average Bonchev–Trinajstić information content (AvgIpc) is 3.30. The van der Waals surface area contributed by atoms with E-state index in [-0.39, 0.29) is 0 Å². The molecule has 2 aliphatic rings. The highest BCUT2D eigenvalue weighted by Crippen LogP contribution is 2.40. The van der Waals surface area contributed by atoms with Crippen LogP contribution >= 0.6 is 11.3 Å². The third-order valence-electron chi connectivity index (χ3n) is 5.38. The Balaban J connectivity index is 1.37. The van der Waals surface area contributed by atoms with Crippen molar-refractivity contribution < 1.29 is 0 Å². The molecule has 0 amide bonds. The molecule has 0 aromatic carbocycles. The smallest absolute Gasteiger partial charge is 0.226 e. The largest absolute Gasteiger partial charge is 0.331 e. The highest BCUT2D eigenvalue weighted by atomic mass is 32.1. The van der Waals surface area contributed by atoms with Gasteiger partial charge in [0.05, 0.1) is 29.0 Å². The van der Waals surface area contributed by atoms with E-state index in [0.29, 0.717) is 18.4 Å². The number of nitrogens with zero attached hydrogens (tertiary/aromatic N) is 8. The van der Waals surface area contributed by atoms with Crippen LogP contribution in [0, 0.1) is 0 Å². The molecule has 29 heavy (non-hydrogen) atoms. The molecule has 9 heteroatoms. The molecule has 1 fully saturated rings. The van der Waals surface area contributed by atoms with Crippen molar-refractivity contribution >= 4 is 17.3 Å². The first kappa shape index (κ1) is 16.7. The highest BCUT2D eigenvalue weighted by Gasteiger charge is 2.32. The number of hydrogen-bond acceptors (Lipinski definition) is 8. The van der Waals surface area contributed by atoms with Crippen LogP contribution in [0.4, 0.5) is 5.95 Å². The first-order chi connectivity index (χ1) is 14.4. The van der Waals surface area contributed by atoms with Crippen LogP contribution in [-0.2, 0) is 13.1 Å². The second-order valence-corrected chi connectivity index (χ2v) is 8.27. The van der Waals surface area contributed by atoms with Crippen molar-refractivity contribution in [3.05, 3.63) is 53.9 Å². The highest BCUT2D eigenvalue weighted by molar-refractivity contribution is 7.13. The van der Waals surface area contributed by atoms with Gasteiger partial charge in [0.15, 0.2) is 5.82 Å². The first-order valence-corrected chi connectivity index (χ1v) is 10.6. The molecule has 0 unspecified atom stereocenters. The number of rotatable bonds is 4. The summed E-state index contributed by atoms with van der Waals surface area (Å²) in [5.74, 6) is 3.47. The third kappa shape index (κ3) is 2.98. The third-order valence-corrected chi connectivity index (χ3v) is 6.25. The van der Waals surface area contributed by atoms with E-state index in [0.717, 1.165) is 46.6 Å². The van der Waals surface area contributed by atoms with Crippen LogP contribution in [-0.4, -0.2) is 41.2 Å². The van der Waals surface area contributed by atoms with Gasteiger partial charge in [-0.1, -0.05) is 6.07 Å². The molecule has 1 aliphatic carbocycles. The van der Waals surface area contributed by atoms with Crippen molar-refractivity contribution in [2.75, 3.05) is 11.4 Å². The number of aromatic nitrogens is 7. The maximum absolute atomic E-state index is 4.94. The fraction of sp³-hybridized carbons (Fsp3) is 0.300. The minimum Gasteiger partial charge on any atom is -0.331 e. The Bertz CT molecular complexity index is 1150. The summed E-state index contributed by atoms with van der Waals surface area (Å²) in [5.41, 5.74) is 2.55. The summed E-state index contributed by atoms with van der Waals surface area (Å²) in [6.07, 6.45) is 9.44. The van der Waals surface area contributed by atoms with E-state index < -0.39 is 0 Å². The molecule has 0 bridgehead atoms. The lowest BCUT2D eigenvalue weighted by Gasteiger charge is -2.28. The lowest BCUT2D eigenvalue weighted by atomic mass is 10.1. The monoisotopic (exact) mass is 402 g/mol. The maximum Gasteiger partial charge on any atom is 0.226 e. The molecular formula is C20H18N8S. The summed E-state index contributed by atoms with van der Waals surface area (Å²) in [6.45, 7) is 2.39. The molecule has 6 rings (SSSR count). The van der Waals surface area contributed by atoms with E-state index >= 15 is 0 Å². The van der Waals surface area contributed by atoms with E-state index in [4.69, 9.17) is 4.98 Å². The van der Waals surface area contributed by atoms with Gasteiger partial charge in [-0.3, -0.25) is 9.97 Å². The standard InChI is InChI=1S/C20H18N8S/c1-2-16(29-9-1)18-14(15-11-21-5-6-22-15)10-23-20(24-18)27-7-8-28-17(12-27)25-26-19(28)13-3-4-13/h1-2,5-6,9-11,13H,3-4,7-8,12H2. The predicted molar refractivity (Wildman–Crippen MR) is 109 cm³/mol. The summed E-state index contributed by atoms with van der Waals surface area (Å²) in [4.78, 5) is 21.5. The van der Waals surface area contributed by atoms with E-state index in [9.17, 15) is 0 Å². The van der Waals surface area contributed by atoms with Crippen LogP contribution in [0.25, 0.3) is 21.8 Å². The average molecular weight is 402 g/mol. The summed E-state index contributed by atoms with van der Waals surface area (Å²) < 4.78 is 2.28. The number of hydrogen-bond donors (Lipinski definition) is 0. The fourth-order valence-electron chi connectivity index (χ4n) is 3.75. The lowest BCUT2D eigenvalue weighted by Crippen LogP contribution is -2.35. The number of anilines is 1. The van der Waals surface area contributed by atoms with Gasteiger partial charge in [0.25, 0.3) is 0 Å². The van der Waals surface area contributed by atoms with Crippen LogP contribution in [0.1, 0.15) is 30.4 Å². The van der Waals surface area contributed by atoms with Crippen molar-refractivity contribution in [1.82, 2.24) is 34.7 Å². The quantitative estimate of drug-likeness (QED) is 0.518. The summed E-state index contributed by atoms with van der Waals surface area (Å²) >= 11 is 1.66. The predicted octanol–water partition coefficient (Wildman–Crippen LogP) is 3.15. The van der Waals surface area contributed by atoms with Gasteiger partial charge in [0.2, 0.25) is 5.95 Å².